The molecule has 2 aliphatic rings. The number of hydrogen-bond acceptors (Lipinski definition) is 3. The van der Waals surface area contributed by atoms with Crippen molar-refractivity contribution in [3.05, 3.63) is 58.7 Å². The summed E-state index contributed by atoms with van der Waals surface area (Å²) in [5, 5.41) is 3.74. The fourth-order valence-corrected chi connectivity index (χ4v) is 4.01. The van der Waals surface area contributed by atoms with Gasteiger partial charge in [0.2, 0.25) is 0 Å². The third-order valence-electron chi connectivity index (χ3n) is 5.21. The SMILES string of the molecule is COc1cc2c(cc1CN[C@H]1CCCc3ccccc31)O[C@@H](C)C2. The van der Waals surface area contributed by atoms with Crippen LogP contribution in [0.3, 0.4) is 0 Å². The van der Waals surface area contributed by atoms with Crippen LogP contribution in [0.5, 0.6) is 11.5 Å². The summed E-state index contributed by atoms with van der Waals surface area (Å²) in [5.74, 6) is 1.98. The topological polar surface area (TPSA) is 30.5 Å². The highest BCUT2D eigenvalue weighted by molar-refractivity contribution is 5.48. The highest BCUT2D eigenvalue weighted by Gasteiger charge is 2.23. The molecule has 126 valence electrons. The molecule has 3 heteroatoms. The van der Waals surface area contributed by atoms with Crippen LogP contribution in [0.4, 0.5) is 0 Å². The van der Waals surface area contributed by atoms with Crippen LogP contribution in [0, 0.1) is 0 Å². The fourth-order valence-electron chi connectivity index (χ4n) is 4.01. The number of methoxy groups -OCH3 is 1. The predicted octanol–water partition coefficient (Wildman–Crippen LogP) is 4.19. The summed E-state index contributed by atoms with van der Waals surface area (Å²) >= 11 is 0. The van der Waals surface area contributed by atoms with E-state index in [1.54, 1.807) is 7.11 Å². The molecule has 2 atom stereocenters. The number of rotatable bonds is 4. The van der Waals surface area contributed by atoms with Crippen molar-refractivity contribution in [3.8, 4) is 11.5 Å². The average molecular weight is 323 g/mol. The molecule has 0 aromatic heterocycles. The summed E-state index contributed by atoms with van der Waals surface area (Å²) in [4.78, 5) is 0. The Morgan fingerprint density at radius 1 is 1.21 bits per heavy atom. The van der Waals surface area contributed by atoms with E-state index in [0.717, 1.165) is 24.5 Å². The second-order valence-corrected chi connectivity index (χ2v) is 6.93. The molecule has 2 aromatic carbocycles. The monoisotopic (exact) mass is 323 g/mol. The van der Waals surface area contributed by atoms with Crippen LogP contribution >= 0.6 is 0 Å². The van der Waals surface area contributed by atoms with Gasteiger partial charge in [0, 0.05) is 30.1 Å². The molecule has 0 amide bonds. The Bertz CT molecular complexity index is 741. The second-order valence-electron chi connectivity index (χ2n) is 6.93. The summed E-state index contributed by atoms with van der Waals surface area (Å²) in [5.41, 5.74) is 5.37. The quantitative estimate of drug-likeness (QED) is 0.915. The van der Waals surface area contributed by atoms with E-state index < -0.39 is 0 Å². The predicted molar refractivity (Wildman–Crippen MR) is 95.7 cm³/mol. The molecule has 1 aliphatic carbocycles. The van der Waals surface area contributed by atoms with Gasteiger partial charge in [-0.1, -0.05) is 24.3 Å². The van der Waals surface area contributed by atoms with Gasteiger partial charge in [-0.25, -0.2) is 0 Å². The van der Waals surface area contributed by atoms with Crippen molar-refractivity contribution in [1.29, 1.82) is 0 Å². The Morgan fingerprint density at radius 2 is 2.08 bits per heavy atom. The van der Waals surface area contributed by atoms with Gasteiger partial charge in [-0.15, -0.1) is 0 Å². The van der Waals surface area contributed by atoms with Gasteiger partial charge in [0.25, 0.3) is 0 Å². The first-order valence-electron chi connectivity index (χ1n) is 8.92. The molecule has 24 heavy (non-hydrogen) atoms. The molecule has 0 saturated carbocycles. The van der Waals surface area contributed by atoms with E-state index >= 15 is 0 Å². The van der Waals surface area contributed by atoms with Crippen LogP contribution in [-0.2, 0) is 19.4 Å². The number of fused-ring (bicyclic) bond motifs is 2. The zero-order chi connectivity index (χ0) is 16.5. The Morgan fingerprint density at radius 3 is 2.96 bits per heavy atom. The summed E-state index contributed by atoms with van der Waals surface area (Å²) in [6, 6.07) is 13.5. The van der Waals surface area contributed by atoms with Gasteiger partial charge >= 0.3 is 0 Å². The number of hydrogen-bond donors (Lipinski definition) is 1. The van der Waals surface area contributed by atoms with Gasteiger partial charge in [-0.2, -0.15) is 0 Å². The number of aryl methyl sites for hydroxylation is 1. The standard InChI is InChI=1S/C21H25NO2/c1-14-10-16-11-20(23-2)17(12-21(16)24-14)13-22-19-9-5-7-15-6-3-4-8-18(15)19/h3-4,6,8,11-12,14,19,22H,5,7,9-10,13H2,1-2H3/t14-,19-/m0/s1. The highest BCUT2D eigenvalue weighted by atomic mass is 16.5. The van der Waals surface area contributed by atoms with E-state index in [0.29, 0.717) is 6.04 Å². The van der Waals surface area contributed by atoms with Crippen molar-refractivity contribution in [3.63, 3.8) is 0 Å². The molecule has 0 fully saturated rings. The Labute approximate surface area is 144 Å². The largest absolute Gasteiger partial charge is 0.496 e. The van der Waals surface area contributed by atoms with Crippen molar-refractivity contribution in [2.24, 2.45) is 0 Å². The normalized spacial score (nSPS) is 21.8. The molecular formula is C21H25NO2. The third kappa shape index (κ3) is 2.89. The lowest BCUT2D eigenvalue weighted by molar-refractivity contribution is 0.254. The molecular weight excluding hydrogens is 298 g/mol. The summed E-state index contributed by atoms with van der Waals surface area (Å²) in [7, 11) is 1.75. The summed E-state index contributed by atoms with van der Waals surface area (Å²) < 4.78 is 11.5. The molecule has 1 aliphatic heterocycles. The van der Waals surface area contributed by atoms with Crippen molar-refractivity contribution >= 4 is 0 Å². The van der Waals surface area contributed by atoms with E-state index in [4.69, 9.17) is 9.47 Å². The van der Waals surface area contributed by atoms with Crippen LogP contribution in [0.2, 0.25) is 0 Å². The minimum Gasteiger partial charge on any atom is -0.496 e. The summed E-state index contributed by atoms with van der Waals surface area (Å²) in [6.45, 7) is 2.91. The number of ether oxygens (including phenoxy) is 2. The lowest BCUT2D eigenvalue weighted by atomic mass is 9.87. The number of benzene rings is 2. The van der Waals surface area contributed by atoms with Crippen molar-refractivity contribution in [1.82, 2.24) is 5.32 Å². The maximum absolute atomic E-state index is 5.91. The fraction of sp³-hybridized carbons (Fsp3) is 0.429. The van der Waals surface area contributed by atoms with E-state index in [9.17, 15) is 0 Å². The van der Waals surface area contributed by atoms with E-state index in [2.05, 4.69) is 48.6 Å². The van der Waals surface area contributed by atoms with Gasteiger partial charge in [0.05, 0.1) is 7.11 Å². The molecule has 0 spiro atoms. The van der Waals surface area contributed by atoms with Crippen LogP contribution in [0.1, 0.15) is 48.1 Å². The van der Waals surface area contributed by atoms with Crippen molar-refractivity contribution in [2.45, 2.75) is 51.3 Å². The maximum Gasteiger partial charge on any atom is 0.123 e. The van der Waals surface area contributed by atoms with Gasteiger partial charge < -0.3 is 14.8 Å². The van der Waals surface area contributed by atoms with E-state index in [1.807, 2.05) is 0 Å². The van der Waals surface area contributed by atoms with Crippen LogP contribution < -0.4 is 14.8 Å². The Kier molecular flexibility index (Phi) is 4.19. The minimum atomic E-state index is 0.262. The van der Waals surface area contributed by atoms with Crippen molar-refractivity contribution in [2.75, 3.05) is 7.11 Å². The lowest BCUT2D eigenvalue weighted by Crippen LogP contribution is -2.25. The zero-order valence-corrected chi connectivity index (χ0v) is 14.5. The highest BCUT2D eigenvalue weighted by Crippen LogP contribution is 2.36. The first-order valence-corrected chi connectivity index (χ1v) is 8.92. The van der Waals surface area contributed by atoms with E-state index in [-0.39, 0.29) is 6.10 Å². The molecule has 4 rings (SSSR count). The molecule has 2 aromatic rings. The zero-order valence-electron chi connectivity index (χ0n) is 14.5. The minimum absolute atomic E-state index is 0.262. The van der Waals surface area contributed by atoms with Crippen LogP contribution in [0.15, 0.2) is 36.4 Å². The van der Waals surface area contributed by atoms with Crippen LogP contribution in [-0.4, -0.2) is 13.2 Å². The molecule has 1 heterocycles. The van der Waals surface area contributed by atoms with Crippen molar-refractivity contribution < 1.29 is 9.47 Å². The molecule has 1 N–H and O–H groups in total. The lowest BCUT2D eigenvalue weighted by Gasteiger charge is -2.27. The number of nitrogens with one attached hydrogen (secondary N) is 1. The van der Waals surface area contributed by atoms with Gasteiger partial charge in [-0.3, -0.25) is 0 Å². The molecule has 0 unspecified atom stereocenters. The van der Waals surface area contributed by atoms with E-state index in [1.165, 1.54) is 41.5 Å². The third-order valence-corrected chi connectivity index (χ3v) is 5.21. The Hall–Kier alpha value is -2.00. The molecule has 0 bridgehead atoms. The van der Waals surface area contributed by atoms with Gasteiger partial charge in [0.1, 0.15) is 17.6 Å². The maximum atomic E-state index is 5.91. The second kappa shape index (κ2) is 6.48. The Balaban J connectivity index is 1.54. The summed E-state index contributed by atoms with van der Waals surface area (Å²) in [6.07, 6.45) is 4.87. The average Bonchev–Trinajstić information content (AvgIpc) is 2.97. The van der Waals surface area contributed by atoms with Gasteiger partial charge in [-0.05, 0) is 49.4 Å². The molecule has 3 nitrogen and oxygen atoms in total. The molecule has 0 saturated heterocycles. The van der Waals surface area contributed by atoms with Crippen LogP contribution in [0.25, 0.3) is 0 Å². The molecule has 0 radical (unpaired) electrons. The smallest absolute Gasteiger partial charge is 0.123 e. The van der Waals surface area contributed by atoms with Gasteiger partial charge in [0.15, 0.2) is 0 Å². The first-order chi connectivity index (χ1) is 11.7. The first kappa shape index (κ1) is 15.5.